The summed E-state index contributed by atoms with van der Waals surface area (Å²) < 4.78 is 28.9. The number of nitrogens with zero attached hydrogens (tertiary/aromatic N) is 1. The summed E-state index contributed by atoms with van der Waals surface area (Å²) in [5.74, 6) is -0.990. The predicted molar refractivity (Wildman–Crippen MR) is 102 cm³/mol. The van der Waals surface area contributed by atoms with Crippen LogP contribution >= 0.6 is 11.6 Å². The number of esters is 1. The maximum absolute atomic E-state index is 12.8. The zero-order valence-electron chi connectivity index (χ0n) is 14.9. The first-order valence-corrected chi connectivity index (χ1v) is 11.2. The monoisotopic (exact) mass is 414 g/mol. The number of benzene rings is 1. The second-order valence-electron chi connectivity index (χ2n) is 7.10. The molecule has 1 aliphatic carbocycles. The second-order valence-corrected chi connectivity index (χ2v) is 9.77. The van der Waals surface area contributed by atoms with Crippen LogP contribution in [0.3, 0.4) is 0 Å². The third-order valence-corrected chi connectivity index (χ3v) is 7.15. The van der Waals surface area contributed by atoms with Crippen molar-refractivity contribution in [3.8, 4) is 0 Å². The molecule has 27 heavy (non-hydrogen) atoms. The summed E-state index contributed by atoms with van der Waals surface area (Å²) >= 11 is 5.82. The molecule has 7 nitrogen and oxygen atoms in total. The van der Waals surface area contributed by atoms with Gasteiger partial charge in [-0.05, 0) is 37.5 Å². The van der Waals surface area contributed by atoms with Crippen molar-refractivity contribution in [1.29, 1.82) is 0 Å². The molecule has 0 bridgehead atoms. The minimum absolute atomic E-state index is 0.00935. The van der Waals surface area contributed by atoms with Gasteiger partial charge in [0.1, 0.15) is 0 Å². The molecule has 1 unspecified atom stereocenters. The zero-order chi connectivity index (χ0) is 19.6. The molecule has 1 saturated heterocycles. The summed E-state index contributed by atoms with van der Waals surface area (Å²) in [6.07, 6.45) is 4.15. The molecule has 1 amide bonds. The lowest BCUT2D eigenvalue weighted by atomic mass is 10.1. The SMILES string of the molecule is Nc1cc(Cl)ccc1C(=O)OCC(=O)N(C1CCCC1)C1CCS(=O)(=O)C1. The number of sulfone groups is 1. The fraction of sp³-hybridized carbons (Fsp3) is 0.556. The molecular formula is C18H23ClN2O5S. The van der Waals surface area contributed by atoms with Crippen LogP contribution in [0.15, 0.2) is 18.2 Å². The zero-order valence-corrected chi connectivity index (χ0v) is 16.5. The summed E-state index contributed by atoms with van der Waals surface area (Å²) in [5, 5.41) is 0.398. The van der Waals surface area contributed by atoms with Crippen molar-refractivity contribution < 1.29 is 22.7 Å². The first kappa shape index (κ1) is 19.9. The van der Waals surface area contributed by atoms with Gasteiger partial charge >= 0.3 is 5.97 Å². The molecule has 1 aromatic rings. The van der Waals surface area contributed by atoms with E-state index in [1.54, 1.807) is 4.90 Å². The quantitative estimate of drug-likeness (QED) is 0.583. The van der Waals surface area contributed by atoms with Gasteiger partial charge in [0.15, 0.2) is 16.4 Å². The van der Waals surface area contributed by atoms with Crippen LogP contribution < -0.4 is 5.73 Å². The molecule has 2 N–H and O–H groups in total. The second kappa shape index (κ2) is 8.06. The molecule has 1 aromatic carbocycles. The van der Waals surface area contributed by atoms with E-state index in [-0.39, 0.29) is 40.7 Å². The number of hydrogen-bond acceptors (Lipinski definition) is 6. The number of amides is 1. The smallest absolute Gasteiger partial charge is 0.340 e. The first-order valence-electron chi connectivity index (χ1n) is 9.00. The Morgan fingerprint density at radius 3 is 2.48 bits per heavy atom. The third-order valence-electron chi connectivity index (χ3n) is 5.17. The Morgan fingerprint density at radius 2 is 1.89 bits per heavy atom. The predicted octanol–water partition coefficient (Wildman–Crippen LogP) is 2.04. The van der Waals surface area contributed by atoms with Crippen LogP contribution in [0.25, 0.3) is 0 Å². The van der Waals surface area contributed by atoms with Crippen LogP contribution in [0.5, 0.6) is 0 Å². The van der Waals surface area contributed by atoms with Gasteiger partial charge < -0.3 is 15.4 Å². The molecule has 1 atom stereocenters. The summed E-state index contributed by atoms with van der Waals surface area (Å²) in [6.45, 7) is -0.437. The number of ether oxygens (including phenoxy) is 1. The lowest BCUT2D eigenvalue weighted by molar-refractivity contribution is -0.139. The number of anilines is 1. The highest BCUT2D eigenvalue weighted by atomic mass is 35.5. The number of carbonyl (C=O) groups is 2. The molecule has 3 rings (SSSR count). The Bertz CT molecular complexity index is 836. The Labute approximate surface area is 163 Å². The maximum Gasteiger partial charge on any atom is 0.340 e. The van der Waals surface area contributed by atoms with E-state index in [1.807, 2.05) is 0 Å². The van der Waals surface area contributed by atoms with E-state index < -0.39 is 22.4 Å². The maximum atomic E-state index is 12.8. The summed E-state index contributed by atoms with van der Waals surface area (Å²) in [7, 11) is -3.12. The van der Waals surface area contributed by atoms with Crippen LogP contribution in [0.2, 0.25) is 5.02 Å². The number of nitrogen functional groups attached to an aromatic ring is 1. The van der Waals surface area contributed by atoms with Gasteiger partial charge in [-0.25, -0.2) is 13.2 Å². The Hall–Kier alpha value is -1.80. The van der Waals surface area contributed by atoms with Crippen molar-refractivity contribution in [3.63, 3.8) is 0 Å². The van der Waals surface area contributed by atoms with Crippen molar-refractivity contribution in [1.82, 2.24) is 4.90 Å². The van der Waals surface area contributed by atoms with E-state index in [0.29, 0.717) is 11.4 Å². The van der Waals surface area contributed by atoms with Gasteiger partial charge in [0.05, 0.1) is 17.1 Å². The van der Waals surface area contributed by atoms with Gasteiger partial charge in [-0.2, -0.15) is 0 Å². The van der Waals surface area contributed by atoms with Gasteiger partial charge in [-0.15, -0.1) is 0 Å². The summed E-state index contributed by atoms with van der Waals surface area (Å²) in [6, 6.07) is 4.07. The van der Waals surface area contributed by atoms with Crippen LogP contribution in [-0.4, -0.2) is 55.4 Å². The highest BCUT2D eigenvalue weighted by Crippen LogP contribution is 2.29. The molecule has 1 heterocycles. The number of hydrogen-bond donors (Lipinski definition) is 1. The van der Waals surface area contributed by atoms with E-state index >= 15 is 0 Å². The van der Waals surface area contributed by atoms with Crippen molar-refractivity contribution in [3.05, 3.63) is 28.8 Å². The molecule has 0 spiro atoms. The minimum Gasteiger partial charge on any atom is -0.452 e. The largest absolute Gasteiger partial charge is 0.452 e. The van der Waals surface area contributed by atoms with Gasteiger partial charge in [-0.1, -0.05) is 24.4 Å². The van der Waals surface area contributed by atoms with Crippen molar-refractivity contribution in [2.24, 2.45) is 0 Å². The molecule has 0 radical (unpaired) electrons. The Morgan fingerprint density at radius 1 is 1.19 bits per heavy atom. The van der Waals surface area contributed by atoms with Gasteiger partial charge in [0.2, 0.25) is 0 Å². The van der Waals surface area contributed by atoms with Crippen LogP contribution in [0.4, 0.5) is 5.69 Å². The van der Waals surface area contributed by atoms with Gasteiger partial charge in [0, 0.05) is 22.8 Å². The summed E-state index contributed by atoms with van der Waals surface area (Å²) in [5.41, 5.74) is 6.09. The number of nitrogens with two attached hydrogens (primary N) is 1. The van der Waals surface area contributed by atoms with Crippen LogP contribution in [0.1, 0.15) is 42.5 Å². The van der Waals surface area contributed by atoms with E-state index in [0.717, 1.165) is 25.7 Å². The van der Waals surface area contributed by atoms with E-state index in [9.17, 15) is 18.0 Å². The number of carbonyl (C=O) groups excluding carboxylic acids is 2. The van der Waals surface area contributed by atoms with Crippen LogP contribution in [0, 0.1) is 0 Å². The highest BCUT2D eigenvalue weighted by Gasteiger charge is 2.39. The van der Waals surface area contributed by atoms with Crippen molar-refractivity contribution in [2.75, 3.05) is 23.8 Å². The average Bonchev–Trinajstić information content (AvgIpc) is 3.23. The molecule has 148 valence electrons. The van der Waals surface area contributed by atoms with Gasteiger partial charge in [0.25, 0.3) is 5.91 Å². The topological polar surface area (TPSA) is 107 Å². The molecule has 2 aliphatic rings. The Balaban J connectivity index is 1.68. The van der Waals surface area contributed by atoms with E-state index in [1.165, 1.54) is 18.2 Å². The van der Waals surface area contributed by atoms with E-state index in [4.69, 9.17) is 22.1 Å². The molecule has 9 heteroatoms. The highest BCUT2D eigenvalue weighted by molar-refractivity contribution is 7.91. The fourth-order valence-corrected chi connectivity index (χ4v) is 5.77. The van der Waals surface area contributed by atoms with E-state index in [2.05, 4.69) is 0 Å². The lowest BCUT2D eigenvalue weighted by Crippen LogP contribution is -2.48. The van der Waals surface area contributed by atoms with Crippen LogP contribution in [-0.2, 0) is 19.4 Å². The summed E-state index contributed by atoms with van der Waals surface area (Å²) in [4.78, 5) is 26.7. The Kier molecular flexibility index (Phi) is 5.95. The molecule has 1 saturated carbocycles. The standard InChI is InChI=1S/C18H23ClN2O5S/c19-12-5-6-15(16(20)9-12)18(23)26-10-17(22)21(13-3-1-2-4-13)14-7-8-27(24,25)11-14/h5-6,9,13-14H,1-4,7-8,10-11,20H2. The molecule has 2 fully saturated rings. The normalized spacial score (nSPS) is 21.9. The molecule has 1 aliphatic heterocycles. The third kappa shape index (κ3) is 4.73. The van der Waals surface area contributed by atoms with Crippen molar-refractivity contribution in [2.45, 2.75) is 44.2 Å². The van der Waals surface area contributed by atoms with Crippen molar-refractivity contribution >= 4 is 39.0 Å². The fourth-order valence-electron chi connectivity index (χ4n) is 3.88. The van der Waals surface area contributed by atoms with Gasteiger partial charge in [-0.3, -0.25) is 4.79 Å². The lowest BCUT2D eigenvalue weighted by Gasteiger charge is -2.33. The average molecular weight is 415 g/mol. The molecule has 0 aromatic heterocycles. The first-order chi connectivity index (χ1) is 12.8. The minimum atomic E-state index is -3.12. The number of halogens is 1. The number of rotatable bonds is 5. The molecular weight excluding hydrogens is 392 g/mol.